The minimum atomic E-state index is -0.342. The largest absolute Gasteiger partial charge is 0.494 e. The average molecular weight is 488 g/mol. The first-order valence-corrected chi connectivity index (χ1v) is 12.3. The normalized spacial score (nSPS) is 11.5. The Bertz CT molecular complexity index is 1480. The third-order valence-corrected chi connectivity index (χ3v) is 6.43. The molecule has 1 aromatic heterocycles. The number of para-hydroxylation sites is 1. The minimum Gasteiger partial charge on any atom is -0.494 e. The van der Waals surface area contributed by atoms with Crippen molar-refractivity contribution in [3.05, 3.63) is 137 Å². The van der Waals surface area contributed by atoms with Crippen molar-refractivity contribution in [1.82, 2.24) is 9.47 Å². The van der Waals surface area contributed by atoms with E-state index < -0.39 is 0 Å². The van der Waals surface area contributed by atoms with Gasteiger partial charge in [0, 0.05) is 30.3 Å². The lowest BCUT2D eigenvalue weighted by atomic mass is 10.1. The van der Waals surface area contributed by atoms with Crippen molar-refractivity contribution in [2.45, 2.75) is 26.7 Å². The summed E-state index contributed by atoms with van der Waals surface area (Å²) in [6, 6.07) is 35.8. The number of rotatable bonds is 8. The first kappa shape index (κ1) is 24.2. The van der Waals surface area contributed by atoms with E-state index in [-0.39, 0.29) is 11.8 Å². The zero-order chi connectivity index (χ0) is 25.6. The number of hydrogen-bond donors (Lipinski definition) is 1. The number of carbonyl (C=O) groups is 1. The molecule has 5 nitrogen and oxygen atoms in total. The highest BCUT2D eigenvalue weighted by Crippen LogP contribution is 2.31. The van der Waals surface area contributed by atoms with Gasteiger partial charge in [-0.25, -0.2) is 4.99 Å². The van der Waals surface area contributed by atoms with E-state index in [0.29, 0.717) is 17.8 Å². The summed E-state index contributed by atoms with van der Waals surface area (Å²) in [5.74, 6) is -0.251. The third kappa shape index (κ3) is 5.68. The Kier molecular flexibility index (Phi) is 7.24. The minimum absolute atomic E-state index is 0.0905. The zero-order valence-electron chi connectivity index (χ0n) is 20.8. The molecule has 1 N–H and O–H groups in total. The van der Waals surface area contributed by atoms with Gasteiger partial charge in [-0.15, -0.1) is 0 Å². The summed E-state index contributed by atoms with van der Waals surface area (Å²) in [7, 11) is 0. The Morgan fingerprint density at radius 2 is 1.38 bits per heavy atom. The first-order chi connectivity index (χ1) is 18.1. The molecule has 1 amide bonds. The SMILES string of the molecule is Cc1ccc(C(=O)N=Cc2c(O)n(CN(Cc3ccccc3)Cc3ccccc3)c3ccccc23)cc1. The van der Waals surface area contributed by atoms with Crippen molar-refractivity contribution < 1.29 is 9.90 Å². The maximum atomic E-state index is 12.7. The number of hydrogen-bond acceptors (Lipinski definition) is 3. The van der Waals surface area contributed by atoms with E-state index in [0.717, 1.165) is 29.6 Å². The van der Waals surface area contributed by atoms with Crippen LogP contribution in [0.15, 0.2) is 114 Å². The van der Waals surface area contributed by atoms with E-state index in [1.165, 1.54) is 17.3 Å². The molecule has 0 unspecified atom stereocenters. The van der Waals surface area contributed by atoms with Crippen molar-refractivity contribution in [2.75, 3.05) is 0 Å². The molecule has 0 atom stereocenters. The maximum absolute atomic E-state index is 12.7. The molecule has 0 radical (unpaired) electrons. The molecule has 4 aromatic carbocycles. The van der Waals surface area contributed by atoms with Crippen LogP contribution in [-0.4, -0.2) is 26.7 Å². The topological polar surface area (TPSA) is 57.8 Å². The van der Waals surface area contributed by atoms with Crippen LogP contribution in [0.25, 0.3) is 10.9 Å². The fourth-order valence-corrected chi connectivity index (χ4v) is 4.52. The maximum Gasteiger partial charge on any atom is 0.276 e. The third-order valence-electron chi connectivity index (χ3n) is 6.43. The second-order valence-electron chi connectivity index (χ2n) is 9.21. The highest BCUT2D eigenvalue weighted by molar-refractivity contribution is 6.08. The standard InChI is InChI=1S/C32H29N3O2/c1-24-16-18-27(19-17-24)31(36)33-20-29-28-14-8-9-15-30(28)35(32(29)37)23-34(21-25-10-4-2-5-11-25)22-26-12-6-3-7-13-26/h2-20,37H,21-23H2,1H3. The summed E-state index contributed by atoms with van der Waals surface area (Å²) in [6.45, 7) is 3.88. The molecular weight excluding hydrogens is 458 g/mol. The van der Waals surface area contributed by atoms with Gasteiger partial charge >= 0.3 is 0 Å². The molecule has 0 aliphatic carbocycles. The molecule has 184 valence electrons. The molecule has 37 heavy (non-hydrogen) atoms. The van der Waals surface area contributed by atoms with E-state index in [1.807, 2.05) is 84.3 Å². The summed E-state index contributed by atoms with van der Waals surface area (Å²) in [5, 5.41) is 12.2. The Balaban J connectivity index is 1.48. The van der Waals surface area contributed by atoms with Gasteiger partial charge in [0.15, 0.2) is 0 Å². The molecule has 0 aliphatic rings. The van der Waals surface area contributed by atoms with E-state index in [4.69, 9.17) is 0 Å². The summed E-state index contributed by atoms with van der Waals surface area (Å²) >= 11 is 0. The van der Waals surface area contributed by atoms with E-state index >= 15 is 0 Å². The van der Waals surface area contributed by atoms with E-state index in [2.05, 4.69) is 34.2 Å². The molecule has 5 aromatic rings. The number of aliphatic imine (C=N–C) groups is 1. The van der Waals surface area contributed by atoms with E-state index in [9.17, 15) is 9.90 Å². The predicted octanol–water partition coefficient (Wildman–Crippen LogP) is 6.57. The molecule has 0 saturated heterocycles. The molecule has 0 aliphatic heterocycles. The predicted molar refractivity (Wildman–Crippen MR) is 149 cm³/mol. The average Bonchev–Trinajstić information content (AvgIpc) is 3.19. The highest BCUT2D eigenvalue weighted by atomic mass is 16.3. The van der Waals surface area contributed by atoms with Crippen LogP contribution in [0, 0.1) is 6.92 Å². The first-order valence-electron chi connectivity index (χ1n) is 12.3. The van der Waals surface area contributed by atoms with Gasteiger partial charge in [-0.1, -0.05) is 96.6 Å². The number of carbonyl (C=O) groups excluding carboxylic acids is 1. The highest BCUT2D eigenvalue weighted by Gasteiger charge is 2.18. The summed E-state index contributed by atoms with van der Waals surface area (Å²) < 4.78 is 1.89. The summed E-state index contributed by atoms with van der Waals surface area (Å²) in [4.78, 5) is 19.1. The number of benzene rings is 4. The summed E-state index contributed by atoms with van der Waals surface area (Å²) in [5.41, 5.74) is 5.41. The molecule has 5 heteroatoms. The van der Waals surface area contributed by atoms with Gasteiger partial charge in [-0.3, -0.25) is 14.3 Å². The van der Waals surface area contributed by atoms with Gasteiger partial charge < -0.3 is 5.11 Å². The zero-order valence-corrected chi connectivity index (χ0v) is 20.8. The number of fused-ring (bicyclic) bond motifs is 1. The van der Waals surface area contributed by atoms with Crippen LogP contribution in [0.2, 0.25) is 0 Å². The monoisotopic (exact) mass is 487 g/mol. The van der Waals surface area contributed by atoms with Crippen molar-refractivity contribution in [3.63, 3.8) is 0 Å². The molecule has 5 rings (SSSR count). The van der Waals surface area contributed by atoms with Gasteiger partial charge in [0.25, 0.3) is 5.91 Å². The molecule has 1 heterocycles. The quantitative estimate of drug-likeness (QED) is 0.252. The van der Waals surface area contributed by atoms with Crippen molar-refractivity contribution in [1.29, 1.82) is 0 Å². The van der Waals surface area contributed by atoms with E-state index in [1.54, 1.807) is 12.1 Å². The van der Waals surface area contributed by atoms with Crippen molar-refractivity contribution in [3.8, 4) is 5.88 Å². The Labute approximate surface area is 217 Å². The Hall–Kier alpha value is -4.48. The number of aryl methyl sites for hydroxylation is 1. The molecule has 0 saturated carbocycles. The van der Waals surface area contributed by atoms with Crippen LogP contribution in [0.5, 0.6) is 5.88 Å². The smallest absolute Gasteiger partial charge is 0.276 e. The second-order valence-corrected chi connectivity index (χ2v) is 9.21. The fourth-order valence-electron chi connectivity index (χ4n) is 4.52. The van der Waals surface area contributed by atoms with Gasteiger partial charge in [-0.2, -0.15) is 0 Å². The second kappa shape index (κ2) is 11.1. The number of aromatic nitrogens is 1. The van der Waals surface area contributed by atoms with Gasteiger partial charge in [-0.05, 0) is 36.2 Å². The Morgan fingerprint density at radius 1 is 0.811 bits per heavy atom. The van der Waals surface area contributed by atoms with Crippen LogP contribution in [0.3, 0.4) is 0 Å². The molecule has 0 fully saturated rings. The van der Waals surface area contributed by atoms with Gasteiger partial charge in [0.2, 0.25) is 5.88 Å². The van der Waals surface area contributed by atoms with Crippen LogP contribution in [-0.2, 0) is 19.8 Å². The van der Waals surface area contributed by atoms with Gasteiger partial charge in [0.05, 0.1) is 17.7 Å². The van der Waals surface area contributed by atoms with Crippen LogP contribution >= 0.6 is 0 Å². The lowest BCUT2D eigenvalue weighted by molar-refractivity contribution is 0.100. The van der Waals surface area contributed by atoms with Crippen molar-refractivity contribution >= 4 is 23.0 Å². The van der Waals surface area contributed by atoms with Crippen LogP contribution < -0.4 is 0 Å². The fraction of sp³-hybridized carbons (Fsp3) is 0.125. The molecule has 0 bridgehead atoms. The Morgan fingerprint density at radius 3 is 2.00 bits per heavy atom. The van der Waals surface area contributed by atoms with Gasteiger partial charge in [0.1, 0.15) is 0 Å². The lowest BCUT2D eigenvalue weighted by Gasteiger charge is -2.24. The lowest BCUT2D eigenvalue weighted by Crippen LogP contribution is -2.25. The molecular formula is C32H29N3O2. The number of nitrogens with zero attached hydrogens (tertiary/aromatic N) is 3. The number of aromatic hydroxyl groups is 1. The molecule has 0 spiro atoms. The van der Waals surface area contributed by atoms with Crippen LogP contribution in [0.4, 0.5) is 0 Å². The van der Waals surface area contributed by atoms with Crippen molar-refractivity contribution in [2.24, 2.45) is 4.99 Å². The summed E-state index contributed by atoms with van der Waals surface area (Å²) in [6.07, 6.45) is 1.48. The van der Waals surface area contributed by atoms with Crippen LogP contribution in [0.1, 0.15) is 32.6 Å². The number of amides is 1.